The number of H-pyrrole nitrogens is 1. The minimum atomic E-state index is -0.774. The minimum Gasteiger partial charge on any atom is -0.345 e. The van der Waals surface area contributed by atoms with Crippen LogP contribution in [-0.4, -0.2) is 33.7 Å². The molecule has 1 N–H and O–H groups in total. The van der Waals surface area contributed by atoms with E-state index < -0.39 is 35.5 Å². The van der Waals surface area contributed by atoms with Gasteiger partial charge in [-0.05, 0) is 29.9 Å². The van der Waals surface area contributed by atoms with E-state index in [4.69, 9.17) is 14.2 Å². The van der Waals surface area contributed by atoms with Gasteiger partial charge in [-0.15, -0.1) is 0 Å². The van der Waals surface area contributed by atoms with Crippen molar-refractivity contribution in [1.82, 2.24) is 9.55 Å². The maximum atomic E-state index is 12.0. The van der Waals surface area contributed by atoms with Crippen molar-refractivity contribution in [2.45, 2.75) is 44.2 Å². The molecule has 0 aliphatic carbocycles. The first kappa shape index (κ1) is 16.4. The van der Waals surface area contributed by atoms with Gasteiger partial charge in [0.1, 0.15) is 18.3 Å². The molecule has 3 rings (SSSR count). The fourth-order valence-corrected chi connectivity index (χ4v) is 2.97. The monoisotopic (exact) mass is 430 g/mol. The van der Waals surface area contributed by atoms with Crippen LogP contribution in [0.2, 0.25) is 0 Å². The molecule has 2 aliphatic heterocycles. The van der Waals surface area contributed by atoms with Crippen molar-refractivity contribution in [3.8, 4) is 9.85 Å². The van der Waals surface area contributed by atoms with E-state index >= 15 is 0 Å². The van der Waals surface area contributed by atoms with Crippen LogP contribution in [0.4, 0.5) is 0 Å². The molecule has 2 saturated heterocycles. The SMILES string of the molecule is CC1(C)O[C@@H]2[C@H](O1)[C@@H](/C=C/C#CI)O[C@H]2n1ccc(=O)[nH]c1=O. The molecule has 23 heavy (non-hydrogen) atoms. The Morgan fingerprint density at radius 2 is 2.09 bits per heavy atom. The highest BCUT2D eigenvalue weighted by Gasteiger charge is 2.55. The Morgan fingerprint density at radius 3 is 2.78 bits per heavy atom. The molecule has 122 valence electrons. The second kappa shape index (κ2) is 6.24. The van der Waals surface area contributed by atoms with Crippen molar-refractivity contribution in [3.63, 3.8) is 0 Å². The smallest absolute Gasteiger partial charge is 0.330 e. The summed E-state index contributed by atoms with van der Waals surface area (Å²) >= 11 is 1.94. The lowest BCUT2D eigenvalue weighted by Gasteiger charge is -2.23. The highest BCUT2D eigenvalue weighted by molar-refractivity contribution is 14.1. The van der Waals surface area contributed by atoms with Crippen LogP contribution in [0.15, 0.2) is 34.0 Å². The van der Waals surface area contributed by atoms with Crippen molar-refractivity contribution in [3.05, 3.63) is 45.3 Å². The summed E-state index contributed by atoms with van der Waals surface area (Å²) in [6.07, 6.45) is 2.95. The summed E-state index contributed by atoms with van der Waals surface area (Å²) in [6.45, 7) is 3.62. The second-order valence-corrected chi connectivity index (χ2v) is 6.21. The highest BCUT2D eigenvalue weighted by Crippen LogP contribution is 2.42. The maximum Gasteiger partial charge on any atom is 0.330 e. The van der Waals surface area contributed by atoms with Crippen molar-refractivity contribution in [2.24, 2.45) is 0 Å². The molecular formula is C15H15IN2O5. The summed E-state index contributed by atoms with van der Waals surface area (Å²) in [6, 6.07) is 1.27. The molecule has 2 aliphatic rings. The Balaban J connectivity index is 1.96. The van der Waals surface area contributed by atoms with Gasteiger partial charge in [-0.25, -0.2) is 4.79 Å². The summed E-state index contributed by atoms with van der Waals surface area (Å²) < 4.78 is 21.7. The summed E-state index contributed by atoms with van der Waals surface area (Å²) in [7, 11) is 0. The first-order valence-electron chi connectivity index (χ1n) is 7.02. The Labute approximate surface area is 145 Å². The Morgan fingerprint density at radius 1 is 1.35 bits per heavy atom. The summed E-state index contributed by atoms with van der Waals surface area (Å²) in [5, 5.41) is 0. The molecule has 4 atom stereocenters. The van der Waals surface area contributed by atoms with Crippen molar-refractivity contribution in [2.75, 3.05) is 0 Å². The maximum absolute atomic E-state index is 12.0. The van der Waals surface area contributed by atoms with Gasteiger partial charge in [-0.2, -0.15) is 0 Å². The molecule has 0 amide bonds. The van der Waals surface area contributed by atoms with Crippen LogP contribution in [0.3, 0.4) is 0 Å². The number of allylic oxidation sites excluding steroid dienone is 1. The van der Waals surface area contributed by atoms with Crippen LogP contribution in [0.25, 0.3) is 0 Å². The van der Waals surface area contributed by atoms with Crippen molar-refractivity contribution >= 4 is 22.6 Å². The number of halogens is 1. The summed E-state index contributed by atoms with van der Waals surface area (Å²) in [5.41, 5.74) is -1.01. The molecule has 7 nitrogen and oxygen atoms in total. The molecule has 1 aromatic heterocycles. The number of ether oxygens (including phenoxy) is 3. The molecule has 0 spiro atoms. The molecule has 3 heterocycles. The number of aromatic amines is 1. The standard InChI is InChI=1S/C15H15IN2O5/c1-15(2)22-11-9(5-3-4-7-16)21-13(12(11)23-15)18-8-6-10(19)17-14(18)20/h3,5-6,8-9,11-13H,1-2H3,(H,17,19,20)/b5-3+/t9-,11-,12-,13-/m1/s1. The number of nitrogens with one attached hydrogen (secondary N) is 1. The molecule has 0 unspecified atom stereocenters. The van der Waals surface area contributed by atoms with Gasteiger partial charge in [0.05, 0.1) is 0 Å². The number of rotatable bonds is 2. The third-order valence-corrected chi connectivity index (χ3v) is 3.93. The molecule has 1 aromatic rings. The first-order valence-corrected chi connectivity index (χ1v) is 8.09. The fourth-order valence-electron chi connectivity index (χ4n) is 2.79. The van der Waals surface area contributed by atoms with E-state index in [1.54, 1.807) is 12.2 Å². The average molecular weight is 430 g/mol. The van der Waals surface area contributed by atoms with E-state index in [1.165, 1.54) is 16.8 Å². The minimum absolute atomic E-state index is 0.360. The molecule has 8 heteroatoms. The van der Waals surface area contributed by atoms with Crippen LogP contribution in [0.5, 0.6) is 0 Å². The third-order valence-electron chi connectivity index (χ3n) is 3.61. The number of hydrogen-bond acceptors (Lipinski definition) is 5. The van der Waals surface area contributed by atoms with Crippen LogP contribution in [0.1, 0.15) is 20.1 Å². The topological polar surface area (TPSA) is 82.6 Å². The van der Waals surface area contributed by atoms with Gasteiger partial charge in [-0.3, -0.25) is 14.3 Å². The van der Waals surface area contributed by atoms with Gasteiger partial charge in [0.25, 0.3) is 5.56 Å². The molecule has 0 aromatic carbocycles. The number of nitrogens with zero attached hydrogens (tertiary/aromatic N) is 1. The van der Waals surface area contributed by atoms with Gasteiger partial charge < -0.3 is 14.2 Å². The zero-order valence-electron chi connectivity index (χ0n) is 12.5. The van der Waals surface area contributed by atoms with Crippen molar-refractivity contribution < 1.29 is 14.2 Å². The quantitative estimate of drug-likeness (QED) is 0.557. The van der Waals surface area contributed by atoms with E-state index in [1.807, 2.05) is 36.4 Å². The normalized spacial score (nSPS) is 31.8. The largest absolute Gasteiger partial charge is 0.345 e. The molecule has 0 radical (unpaired) electrons. The predicted molar refractivity (Wildman–Crippen MR) is 90.0 cm³/mol. The molecule has 0 bridgehead atoms. The number of fused-ring (bicyclic) bond motifs is 1. The lowest BCUT2D eigenvalue weighted by molar-refractivity contribution is -0.192. The Hall–Kier alpha value is -1.41. The van der Waals surface area contributed by atoms with Crippen LogP contribution >= 0.6 is 22.6 Å². The highest BCUT2D eigenvalue weighted by atomic mass is 127. The van der Waals surface area contributed by atoms with E-state index in [0.717, 1.165) is 0 Å². The second-order valence-electron chi connectivity index (χ2n) is 5.67. The van der Waals surface area contributed by atoms with Crippen LogP contribution < -0.4 is 11.2 Å². The van der Waals surface area contributed by atoms with Gasteiger partial charge in [0.15, 0.2) is 12.0 Å². The lowest BCUT2D eigenvalue weighted by atomic mass is 10.1. The molecule has 0 saturated carbocycles. The number of aromatic nitrogens is 2. The zero-order chi connectivity index (χ0) is 16.6. The first-order chi connectivity index (χ1) is 10.9. The van der Waals surface area contributed by atoms with Gasteiger partial charge in [0, 0.05) is 34.9 Å². The summed E-state index contributed by atoms with van der Waals surface area (Å²) in [5.74, 6) is 2.04. The van der Waals surface area contributed by atoms with Gasteiger partial charge in [0.2, 0.25) is 0 Å². The molecular weight excluding hydrogens is 415 g/mol. The van der Waals surface area contributed by atoms with E-state index in [-0.39, 0.29) is 6.10 Å². The van der Waals surface area contributed by atoms with Crippen LogP contribution in [0, 0.1) is 9.85 Å². The van der Waals surface area contributed by atoms with Gasteiger partial charge in [-0.1, -0.05) is 5.92 Å². The Kier molecular flexibility index (Phi) is 4.46. The van der Waals surface area contributed by atoms with E-state index in [0.29, 0.717) is 0 Å². The third kappa shape index (κ3) is 3.28. The Bertz CT molecular complexity index is 800. The van der Waals surface area contributed by atoms with Crippen LogP contribution in [-0.2, 0) is 14.2 Å². The van der Waals surface area contributed by atoms with E-state index in [2.05, 4.69) is 14.8 Å². The number of hydrogen-bond donors (Lipinski definition) is 1. The molecule has 2 fully saturated rings. The zero-order valence-corrected chi connectivity index (χ0v) is 14.6. The summed E-state index contributed by atoms with van der Waals surface area (Å²) in [4.78, 5) is 25.5. The fraction of sp³-hybridized carbons (Fsp3) is 0.467. The lowest BCUT2D eigenvalue weighted by Crippen LogP contribution is -2.37. The van der Waals surface area contributed by atoms with Gasteiger partial charge >= 0.3 is 5.69 Å². The van der Waals surface area contributed by atoms with E-state index in [9.17, 15) is 9.59 Å². The predicted octanol–water partition coefficient (Wildman–Crippen LogP) is 0.906. The van der Waals surface area contributed by atoms with Crippen molar-refractivity contribution in [1.29, 1.82) is 0 Å². The average Bonchev–Trinajstić information content (AvgIpc) is 2.94.